The molecule has 2 amide bonds. The highest BCUT2D eigenvalue weighted by Crippen LogP contribution is 2.46. The topological polar surface area (TPSA) is 78.5 Å². The Hall–Kier alpha value is -2.90. The molecule has 2 fully saturated rings. The first-order valence-electron chi connectivity index (χ1n) is 10.4. The van der Waals surface area contributed by atoms with Gasteiger partial charge in [-0.1, -0.05) is 23.7 Å². The van der Waals surface area contributed by atoms with Crippen LogP contribution < -0.4 is 4.90 Å². The van der Waals surface area contributed by atoms with Gasteiger partial charge in [0.15, 0.2) is 0 Å². The average molecular weight is 439 g/mol. The third-order valence-corrected chi connectivity index (χ3v) is 6.39. The highest BCUT2D eigenvalue weighted by Gasteiger charge is 2.29. The molecule has 5 rings (SSSR count). The molecule has 1 saturated carbocycles. The number of hydrogen-bond donors (Lipinski definition) is 1. The molecule has 0 atom stereocenters. The largest absolute Gasteiger partial charge is 0.375 e. The SMILES string of the molecule is COCC(=O)N1CCN(c2cccc(-c3cnc4[nH]cc(C5CC5)c4c3Cl)c2)C(=O)C1. The van der Waals surface area contributed by atoms with E-state index in [4.69, 9.17) is 16.3 Å². The summed E-state index contributed by atoms with van der Waals surface area (Å²) < 4.78 is 4.89. The quantitative estimate of drug-likeness (QED) is 0.660. The van der Waals surface area contributed by atoms with Crippen molar-refractivity contribution in [2.24, 2.45) is 0 Å². The Bertz CT molecular complexity index is 1170. The summed E-state index contributed by atoms with van der Waals surface area (Å²) in [6, 6.07) is 7.76. The summed E-state index contributed by atoms with van der Waals surface area (Å²) in [5.74, 6) is 0.270. The van der Waals surface area contributed by atoms with Gasteiger partial charge in [-0.25, -0.2) is 4.98 Å². The number of rotatable bonds is 5. The van der Waals surface area contributed by atoms with E-state index in [0.29, 0.717) is 24.0 Å². The zero-order valence-corrected chi connectivity index (χ0v) is 18.0. The highest BCUT2D eigenvalue weighted by molar-refractivity contribution is 6.38. The summed E-state index contributed by atoms with van der Waals surface area (Å²) >= 11 is 6.85. The van der Waals surface area contributed by atoms with Gasteiger partial charge < -0.3 is 19.5 Å². The van der Waals surface area contributed by atoms with Crippen LogP contribution in [-0.2, 0) is 14.3 Å². The van der Waals surface area contributed by atoms with E-state index >= 15 is 0 Å². The molecule has 1 aromatic carbocycles. The van der Waals surface area contributed by atoms with Crippen LogP contribution in [0.15, 0.2) is 36.7 Å². The molecule has 0 spiro atoms. The van der Waals surface area contributed by atoms with Gasteiger partial charge in [0.25, 0.3) is 0 Å². The summed E-state index contributed by atoms with van der Waals surface area (Å²) in [6.07, 6.45) is 6.17. The van der Waals surface area contributed by atoms with Crippen molar-refractivity contribution in [1.82, 2.24) is 14.9 Å². The first kappa shape index (κ1) is 20.0. The molecule has 0 bridgehead atoms. The van der Waals surface area contributed by atoms with E-state index in [2.05, 4.69) is 9.97 Å². The second-order valence-corrected chi connectivity index (χ2v) is 8.45. The number of ether oxygens (including phenoxy) is 1. The minimum atomic E-state index is -0.173. The number of nitrogens with zero attached hydrogens (tertiary/aromatic N) is 3. The van der Waals surface area contributed by atoms with Gasteiger partial charge in [-0.15, -0.1) is 0 Å². The minimum Gasteiger partial charge on any atom is -0.375 e. The van der Waals surface area contributed by atoms with Crippen molar-refractivity contribution >= 4 is 40.1 Å². The van der Waals surface area contributed by atoms with Crippen LogP contribution in [0, 0.1) is 0 Å². The number of carbonyl (C=O) groups is 2. The van der Waals surface area contributed by atoms with Crippen molar-refractivity contribution in [3.05, 3.63) is 47.2 Å². The van der Waals surface area contributed by atoms with E-state index in [1.165, 1.54) is 30.4 Å². The van der Waals surface area contributed by atoms with Crippen LogP contribution in [-0.4, -0.2) is 60.0 Å². The fourth-order valence-corrected chi connectivity index (χ4v) is 4.57. The van der Waals surface area contributed by atoms with E-state index in [9.17, 15) is 9.59 Å². The van der Waals surface area contributed by atoms with Crippen LogP contribution in [0.5, 0.6) is 0 Å². The van der Waals surface area contributed by atoms with E-state index < -0.39 is 0 Å². The summed E-state index contributed by atoms with van der Waals surface area (Å²) in [6.45, 7) is 0.945. The van der Waals surface area contributed by atoms with Gasteiger partial charge in [-0.3, -0.25) is 9.59 Å². The lowest BCUT2D eigenvalue weighted by Gasteiger charge is -2.34. The van der Waals surface area contributed by atoms with Crippen molar-refractivity contribution in [2.75, 3.05) is 38.3 Å². The number of halogens is 1. The zero-order chi connectivity index (χ0) is 21.5. The van der Waals surface area contributed by atoms with Crippen LogP contribution in [0.2, 0.25) is 5.02 Å². The van der Waals surface area contributed by atoms with E-state index in [1.807, 2.05) is 30.5 Å². The van der Waals surface area contributed by atoms with Gasteiger partial charge in [0.05, 0.1) is 5.02 Å². The molecule has 160 valence electrons. The van der Waals surface area contributed by atoms with Crippen LogP contribution in [0.4, 0.5) is 5.69 Å². The Morgan fingerprint density at radius 1 is 1.32 bits per heavy atom. The lowest BCUT2D eigenvalue weighted by atomic mass is 10.0. The molecule has 8 heteroatoms. The smallest absolute Gasteiger partial charge is 0.249 e. The Morgan fingerprint density at radius 2 is 2.16 bits per heavy atom. The maximum atomic E-state index is 12.7. The predicted octanol–water partition coefficient (Wildman–Crippen LogP) is 3.58. The van der Waals surface area contributed by atoms with Gasteiger partial charge >= 0.3 is 0 Å². The van der Waals surface area contributed by atoms with Crippen molar-refractivity contribution in [1.29, 1.82) is 0 Å². The summed E-state index contributed by atoms with van der Waals surface area (Å²) in [4.78, 5) is 35.8. The second-order valence-electron chi connectivity index (χ2n) is 8.07. The Balaban J connectivity index is 1.44. The fourth-order valence-electron chi connectivity index (χ4n) is 4.21. The molecule has 1 N–H and O–H groups in total. The van der Waals surface area contributed by atoms with Gasteiger partial charge in [0.2, 0.25) is 11.8 Å². The van der Waals surface area contributed by atoms with Crippen LogP contribution in [0.3, 0.4) is 0 Å². The Morgan fingerprint density at radius 3 is 2.90 bits per heavy atom. The summed E-state index contributed by atoms with van der Waals surface area (Å²) in [5, 5.41) is 1.68. The van der Waals surface area contributed by atoms with E-state index in [1.54, 1.807) is 11.1 Å². The number of fused-ring (bicyclic) bond motifs is 1. The molecule has 7 nitrogen and oxygen atoms in total. The maximum absolute atomic E-state index is 12.7. The molecule has 3 aromatic rings. The number of hydrogen-bond acceptors (Lipinski definition) is 4. The molecule has 31 heavy (non-hydrogen) atoms. The number of aromatic nitrogens is 2. The minimum absolute atomic E-state index is 0.0151. The number of aromatic amines is 1. The fraction of sp³-hybridized carbons (Fsp3) is 0.348. The molecule has 3 heterocycles. The molecule has 0 unspecified atom stereocenters. The van der Waals surface area contributed by atoms with Gasteiger partial charge in [-0.05, 0) is 42.0 Å². The first-order chi connectivity index (χ1) is 15.1. The lowest BCUT2D eigenvalue weighted by Crippen LogP contribution is -2.53. The average Bonchev–Trinajstić information content (AvgIpc) is 3.53. The lowest BCUT2D eigenvalue weighted by molar-refractivity contribution is -0.139. The number of methoxy groups -OCH3 is 1. The maximum Gasteiger partial charge on any atom is 0.249 e. The molecule has 2 aliphatic rings. The molecular formula is C23H23ClN4O3. The van der Waals surface area contributed by atoms with Crippen molar-refractivity contribution in [2.45, 2.75) is 18.8 Å². The molecule has 2 aromatic heterocycles. The number of anilines is 1. The number of piperazine rings is 1. The van der Waals surface area contributed by atoms with Crippen molar-refractivity contribution < 1.29 is 14.3 Å². The van der Waals surface area contributed by atoms with Crippen LogP contribution in [0.1, 0.15) is 24.3 Å². The second kappa shape index (κ2) is 7.98. The predicted molar refractivity (Wildman–Crippen MR) is 119 cm³/mol. The number of benzene rings is 1. The summed E-state index contributed by atoms with van der Waals surface area (Å²) in [7, 11) is 1.47. The molecule has 1 saturated heterocycles. The van der Waals surface area contributed by atoms with Gasteiger partial charge in [0.1, 0.15) is 18.8 Å². The van der Waals surface area contributed by atoms with E-state index in [-0.39, 0.29) is 25.0 Å². The zero-order valence-electron chi connectivity index (χ0n) is 17.2. The van der Waals surface area contributed by atoms with Crippen molar-refractivity contribution in [3.8, 4) is 11.1 Å². The first-order valence-corrected chi connectivity index (χ1v) is 10.8. The molecule has 1 aliphatic heterocycles. The third kappa shape index (κ3) is 3.68. The van der Waals surface area contributed by atoms with Crippen molar-refractivity contribution in [3.63, 3.8) is 0 Å². The third-order valence-electron chi connectivity index (χ3n) is 6.00. The molecular weight excluding hydrogens is 416 g/mol. The molecule has 1 aliphatic carbocycles. The van der Waals surface area contributed by atoms with E-state index in [0.717, 1.165) is 27.8 Å². The van der Waals surface area contributed by atoms with Gasteiger partial charge in [0, 0.05) is 49.2 Å². The van der Waals surface area contributed by atoms with Crippen LogP contribution >= 0.6 is 11.6 Å². The normalized spacial score (nSPS) is 16.9. The highest BCUT2D eigenvalue weighted by atomic mass is 35.5. The molecule has 0 radical (unpaired) electrons. The standard InChI is InChI=1S/C23H23ClN4O3/c1-31-13-20(30)27-7-8-28(19(29)12-27)16-4-2-3-15(9-16)18-11-26-23-21(22(18)24)17(10-25-23)14-5-6-14/h2-4,9-11,14H,5-8,12-13H2,1H3,(H,25,26). The number of carbonyl (C=O) groups excluding carboxylic acids is 2. The number of amides is 2. The van der Waals surface area contributed by atoms with Crippen LogP contribution in [0.25, 0.3) is 22.2 Å². The number of nitrogens with one attached hydrogen (secondary N) is 1. The monoisotopic (exact) mass is 438 g/mol. The number of H-pyrrole nitrogens is 1. The number of pyridine rings is 1. The Kier molecular flexibility index (Phi) is 5.16. The summed E-state index contributed by atoms with van der Waals surface area (Å²) in [5.41, 5.74) is 4.58. The van der Waals surface area contributed by atoms with Gasteiger partial charge in [-0.2, -0.15) is 0 Å². The Labute approximate surface area is 184 Å².